The van der Waals surface area contributed by atoms with Crippen LogP contribution in [0.15, 0.2) is 42.5 Å². The number of halogens is 1. The normalized spacial score (nSPS) is 10.9. The minimum absolute atomic E-state index is 0.0192. The van der Waals surface area contributed by atoms with Crippen LogP contribution in [0.4, 0.5) is 10.1 Å². The zero-order valence-corrected chi connectivity index (χ0v) is 9.13. The maximum Gasteiger partial charge on any atom is 0.270 e. The van der Waals surface area contributed by atoms with Crippen molar-refractivity contribution in [3.63, 3.8) is 0 Å². The highest BCUT2D eigenvalue weighted by Gasteiger charge is 2.08. The van der Waals surface area contributed by atoms with Gasteiger partial charge in [0.1, 0.15) is 5.82 Å². The molecule has 0 spiro atoms. The molecule has 0 amide bonds. The van der Waals surface area contributed by atoms with Gasteiger partial charge in [0.25, 0.3) is 5.69 Å². The second-order valence-electron chi connectivity index (χ2n) is 3.96. The average Bonchev–Trinajstić information content (AvgIpc) is 2.35. The predicted molar refractivity (Wildman–Crippen MR) is 65.9 cm³/mol. The van der Waals surface area contributed by atoms with E-state index in [1.807, 2.05) is 0 Å². The molecule has 0 bridgehead atoms. The standard InChI is InChI=1S/C13H7FN2O2/c14-10-2-1-8-5-9-6-11(16(17)18)3-4-12(9)15-13(8)7-10/h1-7H. The van der Waals surface area contributed by atoms with Crippen LogP contribution >= 0.6 is 0 Å². The maximum atomic E-state index is 13.1. The molecule has 88 valence electrons. The molecular formula is C13H7FN2O2. The Labute approximate surface area is 101 Å². The number of non-ortho nitro benzene ring substituents is 1. The largest absolute Gasteiger partial charge is 0.270 e. The lowest BCUT2D eigenvalue weighted by Gasteiger charge is -2.01. The summed E-state index contributed by atoms with van der Waals surface area (Å²) in [6, 6.07) is 10.5. The molecule has 0 fully saturated rings. The summed E-state index contributed by atoms with van der Waals surface area (Å²) in [6.07, 6.45) is 0. The lowest BCUT2D eigenvalue weighted by molar-refractivity contribution is -0.384. The number of hydrogen-bond acceptors (Lipinski definition) is 3. The molecule has 0 N–H and O–H groups in total. The summed E-state index contributed by atoms with van der Waals surface area (Å²) >= 11 is 0. The van der Waals surface area contributed by atoms with Crippen molar-refractivity contribution < 1.29 is 9.31 Å². The van der Waals surface area contributed by atoms with Crippen molar-refractivity contribution in [3.8, 4) is 0 Å². The highest BCUT2D eigenvalue weighted by Crippen LogP contribution is 2.23. The molecule has 4 nitrogen and oxygen atoms in total. The number of nitro benzene ring substituents is 1. The van der Waals surface area contributed by atoms with Gasteiger partial charge in [-0.25, -0.2) is 9.37 Å². The zero-order chi connectivity index (χ0) is 12.7. The van der Waals surface area contributed by atoms with Crippen molar-refractivity contribution in [2.45, 2.75) is 0 Å². The molecular weight excluding hydrogens is 235 g/mol. The summed E-state index contributed by atoms with van der Waals surface area (Å²) in [5, 5.41) is 12.1. The van der Waals surface area contributed by atoms with Gasteiger partial charge in [0.05, 0.1) is 16.0 Å². The SMILES string of the molecule is O=[N+]([O-])c1ccc2nc3cc(F)ccc3cc2c1. The van der Waals surface area contributed by atoms with Crippen molar-refractivity contribution in [3.05, 3.63) is 58.4 Å². The number of nitrogens with zero attached hydrogens (tertiary/aromatic N) is 2. The Hall–Kier alpha value is -2.56. The fourth-order valence-corrected chi connectivity index (χ4v) is 1.91. The molecule has 0 saturated heterocycles. The van der Waals surface area contributed by atoms with E-state index in [0.717, 1.165) is 5.39 Å². The first-order valence-corrected chi connectivity index (χ1v) is 5.28. The Morgan fingerprint density at radius 3 is 2.61 bits per heavy atom. The lowest BCUT2D eigenvalue weighted by atomic mass is 10.1. The Balaban J connectivity index is 2.34. The lowest BCUT2D eigenvalue weighted by Crippen LogP contribution is -1.89. The monoisotopic (exact) mass is 242 g/mol. The number of aromatic nitrogens is 1. The van der Waals surface area contributed by atoms with Gasteiger partial charge in [0, 0.05) is 29.0 Å². The van der Waals surface area contributed by atoms with E-state index in [4.69, 9.17) is 0 Å². The van der Waals surface area contributed by atoms with Crippen molar-refractivity contribution in [1.82, 2.24) is 4.98 Å². The fourth-order valence-electron chi connectivity index (χ4n) is 1.91. The molecule has 1 aromatic heterocycles. The van der Waals surface area contributed by atoms with Crippen molar-refractivity contribution in [2.75, 3.05) is 0 Å². The summed E-state index contributed by atoms with van der Waals surface area (Å²) in [5.74, 6) is -0.351. The molecule has 0 aliphatic carbocycles. The predicted octanol–water partition coefficient (Wildman–Crippen LogP) is 3.44. The van der Waals surface area contributed by atoms with Crippen LogP contribution in [-0.2, 0) is 0 Å². The number of hydrogen-bond donors (Lipinski definition) is 0. The van der Waals surface area contributed by atoms with Crippen LogP contribution in [0.3, 0.4) is 0 Å². The number of nitro groups is 1. The minimum atomic E-state index is -0.450. The first-order chi connectivity index (χ1) is 8.63. The van der Waals surface area contributed by atoms with Crippen LogP contribution in [0, 0.1) is 15.9 Å². The third kappa shape index (κ3) is 1.66. The minimum Gasteiger partial charge on any atom is -0.258 e. The van der Waals surface area contributed by atoms with Crippen LogP contribution < -0.4 is 0 Å². The van der Waals surface area contributed by atoms with E-state index in [0.29, 0.717) is 16.4 Å². The Morgan fingerprint density at radius 1 is 1.00 bits per heavy atom. The van der Waals surface area contributed by atoms with E-state index >= 15 is 0 Å². The molecule has 3 aromatic rings. The van der Waals surface area contributed by atoms with E-state index in [2.05, 4.69) is 4.98 Å². The summed E-state index contributed by atoms with van der Waals surface area (Å²) in [7, 11) is 0. The maximum absolute atomic E-state index is 13.1. The van der Waals surface area contributed by atoms with Gasteiger partial charge >= 0.3 is 0 Å². The number of fused-ring (bicyclic) bond motifs is 2. The van der Waals surface area contributed by atoms with Crippen LogP contribution in [0.25, 0.3) is 21.8 Å². The topological polar surface area (TPSA) is 56.0 Å². The second kappa shape index (κ2) is 3.73. The molecule has 0 aliphatic rings. The van der Waals surface area contributed by atoms with Crippen molar-refractivity contribution in [2.24, 2.45) is 0 Å². The average molecular weight is 242 g/mol. The summed E-state index contributed by atoms with van der Waals surface area (Å²) in [6.45, 7) is 0. The van der Waals surface area contributed by atoms with Gasteiger partial charge in [-0.3, -0.25) is 10.1 Å². The first kappa shape index (κ1) is 10.6. The summed E-state index contributed by atoms with van der Waals surface area (Å²) < 4.78 is 13.1. The third-order valence-electron chi connectivity index (χ3n) is 2.77. The van der Waals surface area contributed by atoms with Crippen LogP contribution in [0.1, 0.15) is 0 Å². The molecule has 0 unspecified atom stereocenters. The van der Waals surface area contributed by atoms with E-state index in [1.165, 1.54) is 24.3 Å². The van der Waals surface area contributed by atoms with Gasteiger partial charge in [0.15, 0.2) is 0 Å². The zero-order valence-electron chi connectivity index (χ0n) is 9.13. The van der Waals surface area contributed by atoms with E-state index in [9.17, 15) is 14.5 Å². The van der Waals surface area contributed by atoms with E-state index in [-0.39, 0.29) is 11.5 Å². The van der Waals surface area contributed by atoms with Crippen LogP contribution in [0.5, 0.6) is 0 Å². The molecule has 0 aliphatic heterocycles. The van der Waals surface area contributed by atoms with Gasteiger partial charge in [-0.05, 0) is 24.3 Å². The molecule has 0 saturated carbocycles. The molecule has 3 rings (SSSR count). The highest BCUT2D eigenvalue weighted by atomic mass is 19.1. The van der Waals surface area contributed by atoms with E-state index in [1.54, 1.807) is 18.2 Å². The fraction of sp³-hybridized carbons (Fsp3) is 0. The number of rotatable bonds is 1. The first-order valence-electron chi connectivity index (χ1n) is 5.28. The molecule has 2 aromatic carbocycles. The van der Waals surface area contributed by atoms with Gasteiger partial charge in [0.2, 0.25) is 0 Å². The van der Waals surface area contributed by atoms with Crippen LogP contribution in [-0.4, -0.2) is 9.91 Å². The van der Waals surface area contributed by atoms with Gasteiger partial charge < -0.3 is 0 Å². The molecule has 1 heterocycles. The molecule has 18 heavy (non-hydrogen) atoms. The Morgan fingerprint density at radius 2 is 1.83 bits per heavy atom. The third-order valence-corrected chi connectivity index (χ3v) is 2.77. The van der Waals surface area contributed by atoms with Gasteiger partial charge in [-0.1, -0.05) is 0 Å². The summed E-state index contributed by atoms with van der Waals surface area (Å²) in [5.41, 5.74) is 1.17. The summed E-state index contributed by atoms with van der Waals surface area (Å²) in [4.78, 5) is 14.5. The van der Waals surface area contributed by atoms with Crippen LogP contribution in [0.2, 0.25) is 0 Å². The Bertz CT molecular complexity index is 786. The Kier molecular flexibility index (Phi) is 2.19. The highest BCUT2D eigenvalue weighted by molar-refractivity contribution is 5.93. The molecule has 0 atom stereocenters. The smallest absolute Gasteiger partial charge is 0.258 e. The van der Waals surface area contributed by atoms with Gasteiger partial charge in [-0.15, -0.1) is 0 Å². The molecule has 5 heteroatoms. The second-order valence-corrected chi connectivity index (χ2v) is 3.96. The van der Waals surface area contributed by atoms with Crippen molar-refractivity contribution in [1.29, 1.82) is 0 Å². The van der Waals surface area contributed by atoms with Gasteiger partial charge in [-0.2, -0.15) is 0 Å². The number of pyridine rings is 1. The van der Waals surface area contributed by atoms with Crippen molar-refractivity contribution >= 4 is 27.5 Å². The number of benzene rings is 2. The molecule has 0 radical (unpaired) electrons. The quantitative estimate of drug-likeness (QED) is 0.373. The van der Waals surface area contributed by atoms with E-state index < -0.39 is 4.92 Å².